The summed E-state index contributed by atoms with van der Waals surface area (Å²) in [5.41, 5.74) is 0. The fourth-order valence-electron chi connectivity index (χ4n) is 2.82. The Bertz CT molecular complexity index is 427. The van der Waals surface area contributed by atoms with Crippen LogP contribution in [0.25, 0.3) is 0 Å². The smallest absolute Gasteiger partial charge is 0.234 e. The van der Waals surface area contributed by atoms with Gasteiger partial charge in [0.25, 0.3) is 0 Å². The first-order valence-electron chi connectivity index (χ1n) is 7.81. The van der Waals surface area contributed by atoms with Crippen molar-refractivity contribution in [2.45, 2.75) is 38.8 Å². The average Bonchev–Trinajstić information content (AvgIpc) is 2.99. The Balaban J connectivity index is 1.87. The average molecular weight is 309 g/mol. The van der Waals surface area contributed by atoms with E-state index in [2.05, 4.69) is 40.8 Å². The molecule has 1 amide bonds. The van der Waals surface area contributed by atoms with Gasteiger partial charge in [0.2, 0.25) is 5.91 Å². The van der Waals surface area contributed by atoms with E-state index in [1.807, 2.05) is 13.1 Å². The van der Waals surface area contributed by atoms with Crippen LogP contribution >= 0.6 is 11.3 Å². The van der Waals surface area contributed by atoms with E-state index in [0.29, 0.717) is 18.5 Å². The van der Waals surface area contributed by atoms with Gasteiger partial charge in [-0.1, -0.05) is 19.9 Å². The minimum Gasteiger partial charge on any atom is -0.347 e. The zero-order valence-electron chi connectivity index (χ0n) is 13.3. The summed E-state index contributed by atoms with van der Waals surface area (Å²) in [5, 5.41) is 8.66. The normalized spacial score (nSPS) is 20.7. The maximum Gasteiger partial charge on any atom is 0.234 e. The molecule has 1 saturated heterocycles. The largest absolute Gasteiger partial charge is 0.347 e. The summed E-state index contributed by atoms with van der Waals surface area (Å²) >= 11 is 1.71. The molecular weight excluding hydrogens is 282 g/mol. The maximum atomic E-state index is 12.3. The number of carbonyl (C=O) groups is 1. The molecule has 1 aliphatic rings. The van der Waals surface area contributed by atoms with Gasteiger partial charge in [-0.25, -0.2) is 0 Å². The highest BCUT2D eigenvalue weighted by Gasteiger charge is 2.23. The van der Waals surface area contributed by atoms with Gasteiger partial charge in [0.15, 0.2) is 0 Å². The summed E-state index contributed by atoms with van der Waals surface area (Å²) in [6.07, 6.45) is 2.37. The van der Waals surface area contributed by atoms with Crippen molar-refractivity contribution in [2.75, 3.05) is 26.7 Å². The fraction of sp³-hybridized carbons (Fsp3) is 0.688. The third kappa shape index (κ3) is 4.80. The molecule has 1 fully saturated rings. The lowest BCUT2D eigenvalue weighted by atomic mass is 10.0. The van der Waals surface area contributed by atoms with Gasteiger partial charge in [-0.3, -0.25) is 9.69 Å². The van der Waals surface area contributed by atoms with E-state index in [9.17, 15) is 4.79 Å². The lowest BCUT2D eigenvalue weighted by Crippen LogP contribution is -2.48. The van der Waals surface area contributed by atoms with Crippen LogP contribution < -0.4 is 10.6 Å². The molecule has 2 unspecified atom stereocenters. The molecule has 1 aromatic rings. The van der Waals surface area contributed by atoms with Crippen LogP contribution in [0.15, 0.2) is 17.5 Å². The van der Waals surface area contributed by atoms with E-state index in [-0.39, 0.29) is 11.9 Å². The van der Waals surface area contributed by atoms with Crippen molar-refractivity contribution >= 4 is 17.2 Å². The minimum absolute atomic E-state index is 0.121. The highest BCUT2D eigenvalue weighted by atomic mass is 32.1. The van der Waals surface area contributed by atoms with Crippen LogP contribution in [0, 0.1) is 5.92 Å². The van der Waals surface area contributed by atoms with Crippen LogP contribution in [-0.2, 0) is 4.79 Å². The van der Waals surface area contributed by atoms with Crippen LogP contribution in [0.4, 0.5) is 0 Å². The molecule has 2 heterocycles. The molecule has 0 aliphatic carbocycles. The molecule has 1 aromatic heterocycles. The molecule has 1 aliphatic heterocycles. The summed E-state index contributed by atoms with van der Waals surface area (Å²) in [6.45, 7) is 6.87. The van der Waals surface area contributed by atoms with E-state index in [4.69, 9.17) is 0 Å². The molecule has 0 spiro atoms. The number of hydrogen-bond donors (Lipinski definition) is 2. The summed E-state index contributed by atoms with van der Waals surface area (Å²) in [5.74, 6) is 0.518. The zero-order valence-corrected chi connectivity index (χ0v) is 14.1. The fourth-order valence-corrected chi connectivity index (χ4v) is 3.77. The third-order valence-corrected chi connectivity index (χ3v) is 5.08. The van der Waals surface area contributed by atoms with Crippen LogP contribution in [0.3, 0.4) is 0 Å². The second-order valence-electron chi connectivity index (χ2n) is 6.22. The topological polar surface area (TPSA) is 44.4 Å². The van der Waals surface area contributed by atoms with Gasteiger partial charge in [0.05, 0.1) is 12.6 Å². The first-order valence-corrected chi connectivity index (χ1v) is 8.69. The van der Waals surface area contributed by atoms with Crippen molar-refractivity contribution in [3.8, 4) is 0 Å². The van der Waals surface area contributed by atoms with Gasteiger partial charge in [0, 0.05) is 17.5 Å². The lowest BCUT2D eigenvalue weighted by molar-refractivity contribution is -0.123. The number of nitrogens with zero attached hydrogens (tertiary/aromatic N) is 1. The van der Waals surface area contributed by atoms with Crippen molar-refractivity contribution < 1.29 is 4.79 Å². The van der Waals surface area contributed by atoms with Gasteiger partial charge in [-0.2, -0.15) is 0 Å². The first kappa shape index (κ1) is 16.5. The number of nitrogens with one attached hydrogen (secondary N) is 2. The molecule has 2 atom stereocenters. The Morgan fingerprint density at radius 2 is 2.38 bits per heavy atom. The van der Waals surface area contributed by atoms with Crippen molar-refractivity contribution in [1.82, 2.24) is 15.5 Å². The van der Waals surface area contributed by atoms with Gasteiger partial charge in [-0.05, 0) is 43.8 Å². The van der Waals surface area contributed by atoms with Gasteiger partial charge >= 0.3 is 0 Å². The van der Waals surface area contributed by atoms with Crippen molar-refractivity contribution in [2.24, 2.45) is 5.92 Å². The summed E-state index contributed by atoms with van der Waals surface area (Å²) < 4.78 is 0. The van der Waals surface area contributed by atoms with Crippen molar-refractivity contribution in [3.63, 3.8) is 0 Å². The molecule has 0 radical (unpaired) electrons. The number of thiophene rings is 1. The summed E-state index contributed by atoms with van der Waals surface area (Å²) in [6, 6.07) is 4.74. The predicted molar refractivity (Wildman–Crippen MR) is 88.6 cm³/mol. The number of piperidine rings is 1. The molecule has 2 N–H and O–H groups in total. The van der Waals surface area contributed by atoms with E-state index in [0.717, 1.165) is 13.1 Å². The van der Waals surface area contributed by atoms with E-state index in [1.54, 1.807) is 11.3 Å². The molecule has 4 nitrogen and oxygen atoms in total. The lowest BCUT2D eigenvalue weighted by Gasteiger charge is -2.32. The number of rotatable bonds is 6. The Kier molecular flexibility index (Phi) is 6.21. The standard InChI is InChI=1S/C16H27N3OS/c1-12(2)16(14-7-5-9-21-14)18-15(20)11-19(3)13-6-4-8-17-10-13/h5,7,9,12-13,16-17H,4,6,8,10-11H2,1-3H3,(H,18,20). The molecule has 118 valence electrons. The van der Waals surface area contributed by atoms with Crippen LogP contribution in [0.2, 0.25) is 0 Å². The Morgan fingerprint density at radius 1 is 1.57 bits per heavy atom. The van der Waals surface area contributed by atoms with E-state index in [1.165, 1.54) is 17.7 Å². The van der Waals surface area contributed by atoms with Gasteiger partial charge < -0.3 is 10.6 Å². The zero-order chi connectivity index (χ0) is 15.2. The number of hydrogen-bond acceptors (Lipinski definition) is 4. The minimum atomic E-state index is 0.121. The second kappa shape index (κ2) is 7.92. The molecule has 21 heavy (non-hydrogen) atoms. The van der Waals surface area contributed by atoms with Crippen LogP contribution in [-0.4, -0.2) is 43.5 Å². The monoisotopic (exact) mass is 309 g/mol. The summed E-state index contributed by atoms with van der Waals surface area (Å²) in [4.78, 5) is 15.7. The third-order valence-electron chi connectivity index (χ3n) is 4.12. The van der Waals surface area contributed by atoms with E-state index >= 15 is 0 Å². The second-order valence-corrected chi connectivity index (χ2v) is 7.20. The van der Waals surface area contributed by atoms with Crippen LogP contribution in [0.1, 0.15) is 37.6 Å². The SMILES string of the molecule is CC(C)C(NC(=O)CN(C)C1CCCNC1)c1cccs1. The highest BCUT2D eigenvalue weighted by molar-refractivity contribution is 7.10. The summed E-state index contributed by atoms with van der Waals surface area (Å²) in [7, 11) is 2.05. The predicted octanol–water partition coefficient (Wildman–Crippen LogP) is 2.25. The van der Waals surface area contributed by atoms with Gasteiger partial charge in [-0.15, -0.1) is 11.3 Å². The Labute approximate surface area is 131 Å². The number of amides is 1. The van der Waals surface area contributed by atoms with E-state index < -0.39 is 0 Å². The Morgan fingerprint density at radius 3 is 2.95 bits per heavy atom. The van der Waals surface area contributed by atoms with Gasteiger partial charge in [0.1, 0.15) is 0 Å². The molecular formula is C16H27N3OS. The molecule has 5 heteroatoms. The highest BCUT2D eigenvalue weighted by Crippen LogP contribution is 2.25. The number of likely N-dealkylation sites (N-methyl/N-ethyl adjacent to an activating group) is 1. The van der Waals surface area contributed by atoms with Crippen molar-refractivity contribution in [3.05, 3.63) is 22.4 Å². The molecule has 0 saturated carbocycles. The maximum absolute atomic E-state index is 12.3. The quantitative estimate of drug-likeness (QED) is 0.847. The van der Waals surface area contributed by atoms with Crippen LogP contribution in [0.5, 0.6) is 0 Å². The first-order chi connectivity index (χ1) is 10.1. The molecule has 0 aromatic carbocycles. The Hall–Kier alpha value is -0.910. The molecule has 0 bridgehead atoms. The molecule has 2 rings (SSSR count). The number of carbonyl (C=O) groups excluding carboxylic acids is 1. The van der Waals surface area contributed by atoms with Crippen molar-refractivity contribution in [1.29, 1.82) is 0 Å².